The van der Waals surface area contributed by atoms with E-state index in [0.717, 1.165) is 76.9 Å². The van der Waals surface area contributed by atoms with Gasteiger partial charge in [0.25, 0.3) is 0 Å². The number of unbranched alkanes of at least 4 members (excludes halogenated alkanes) is 1. The smallest absolute Gasteiger partial charge is 0.581 e. The quantitative estimate of drug-likeness (QED) is 0.369. The Bertz CT molecular complexity index is 1370. The zero-order valence-corrected chi connectivity index (χ0v) is 23.4. The first-order valence-electron chi connectivity index (χ1n) is 11.9. The molecule has 0 bridgehead atoms. The van der Waals surface area contributed by atoms with Crippen molar-refractivity contribution in [2.75, 3.05) is 26.2 Å². The van der Waals surface area contributed by atoms with Crippen LogP contribution in [-0.4, -0.2) is 46.1 Å². The predicted molar refractivity (Wildman–Crippen MR) is 142 cm³/mol. The maximum absolute atomic E-state index is 6.66. The number of halogens is 1. The van der Waals surface area contributed by atoms with Crippen LogP contribution in [0.3, 0.4) is 0 Å². The third kappa shape index (κ3) is 5.44. The van der Waals surface area contributed by atoms with Crippen LogP contribution in [0.25, 0.3) is 38.8 Å². The van der Waals surface area contributed by atoms with Gasteiger partial charge in [0.1, 0.15) is 0 Å². The van der Waals surface area contributed by atoms with E-state index in [2.05, 4.69) is 52.2 Å². The summed E-state index contributed by atoms with van der Waals surface area (Å²) in [6.07, 6.45) is 5.25. The summed E-state index contributed by atoms with van der Waals surface area (Å²) < 4.78 is 0. The Morgan fingerprint density at radius 1 is 1.00 bits per heavy atom. The molecule has 3 heterocycles. The molecule has 1 fully saturated rings. The Balaban J connectivity index is 0.00000289. The molecule has 0 atom stereocenters. The molecule has 0 unspecified atom stereocenters. The summed E-state index contributed by atoms with van der Waals surface area (Å²) in [6, 6.07) is 14.2. The summed E-state index contributed by atoms with van der Waals surface area (Å²) in [4.78, 5) is 9.71. The topological polar surface area (TPSA) is 46.4 Å². The van der Waals surface area contributed by atoms with Crippen molar-refractivity contribution in [3.63, 3.8) is 0 Å². The average Bonchev–Trinajstić information content (AvgIpc) is 3.34. The first kappa shape index (κ1) is 25.8. The molecule has 0 saturated carbocycles. The molecule has 4 aromatic rings. The number of allylic oxidation sites excluding steroid dienone is 1. The largest absolute Gasteiger partial charge is 1.00 e. The van der Waals surface area contributed by atoms with Crippen LogP contribution in [0.1, 0.15) is 31.7 Å². The van der Waals surface area contributed by atoms with Gasteiger partial charge >= 0.3 is 29.6 Å². The molecule has 35 heavy (non-hydrogen) atoms. The third-order valence-electron chi connectivity index (χ3n) is 6.71. The third-order valence-corrected chi connectivity index (χ3v) is 7.02. The Labute approximate surface area is 234 Å². The normalized spacial score (nSPS) is 13.8. The zero-order valence-electron chi connectivity index (χ0n) is 20.6. The van der Waals surface area contributed by atoms with E-state index in [1.54, 1.807) is 6.20 Å². The predicted octanol–water partition coefficient (Wildman–Crippen LogP) is 3.36. The number of pyridine rings is 1. The van der Waals surface area contributed by atoms with Gasteiger partial charge in [0, 0.05) is 54.0 Å². The second-order valence-electron chi connectivity index (χ2n) is 8.93. The SMILES string of the molecule is C=C(CCCC)N1CCN(C(=C)c2ccc3c(Cl)cc(-c4ccc5c[n-]nc5c4)nc3c2)CC1.[Na+]. The fourth-order valence-corrected chi connectivity index (χ4v) is 4.84. The zero-order chi connectivity index (χ0) is 23.7. The van der Waals surface area contributed by atoms with Crippen molar-refractivity contribution in [3.05, 3.63) is 78.1 Å². The van der Waals surface area contributed by atoms with Crippen LogP contribution in [0.4, 0.5) is 0 Å². The van der Waals surface area contributed by atoms with Crippen LogP contribution in [0.5, 0.6) is 0 Å². The standard InChI is InChI=1S/C28H29ClN5.Na/c1-4-5-6-19(2)33-11-13-34(14-12-33)20(3)21-9-10-24-25(29)17-26(31-28(24)15-21)22-7-8-23-18-30-32-27(23)16-22;/h7-10,15-18H,2-6,11-14H2,1H3;/q-1;+1. The molecule has 0 N–H and O–H groups in total. The van der Waals surface area contributed by atoms with Gasteiger partial charge in [-0.1, -0.05) is 62.4 Å². The number of aromatic nitrogens is 3. The Kier molecular flexibility index (Phi) is 8.23. The summed E-state index contributed by atoms with van der Waals surface area (Å²) in [5, 5.41) is 10.8. The monoisotopic (exact) mass is 493 g/mol. The van der Waals surface area contributed by atoms with E-state index in [0.29, 0.717) is 5.02 Å². The second kappa shape index (κ2) is 11.2. The number of hydrogen-bond acceptors (Lipinski definition) is 4. The first-order chi connectivity index (χ1) is 16.5. The summed E-state index contributed by atoms with van der Waals surface area (Å²) in [5.41, 5.74) is 6.87. The molecule has 0 aliphatic carbocycles. The van der Waals surface area contributed by atoms with Gasteiger partial charge in [-0.05, 0) is 42.0 Å². The van der Waals surface area contributed by atoms with Crippen LogP contribution in [0, 0.1) is 0 Å². The van der Waals surface area contributed by atoms with E-state index in [9.17, 15) is 0 Å². The van der Waals surface area contributed by atoms with Crippen LogP contribution in [0.15, 0.2) is 67.5 Å². The number of hydrogen-bond donors (Lipinski definition) is 0. The van der Waals surface area contributed by atoms with Gasteiger partial charge in [0.2, 0.25) is 0 Å². The van der Waals surface area contributed by atoms with Gasteiger partial charge in [-0.25, -0.2) is 4.98 Å². The minimum atomic E-state index is 0. The molecule has 1 aliphatic rings. The molecule has 2 aromatic heterocycles. The van der Waals surface area contributed by atoms with Crippen molar-refractivity contribution in [1.29, 1.82) is 0 Å². The van der Waals surface area contributed by atoms with Crippen LogP contribution in [-0.2, 0) is 0 Å². The minimum absolute atomic E-state index is 0. The molecule has 0 amide bonds. The molecule has 174 valence electrons. The van der Waals surface area contributed by atoms with Crippen LogP contribution < -0.4 is 34.7 Å². The maximum Gasteiger partial charge on any atom is 1.00 e. The van der Waals surface area contributed by atoms with Gasteiger partial charge in [-0.2, -0.15) is 6.20 Å². The molecule has 1 saturated heterocycles. The summed E-state index contributed by atoms with van der Waals surface area (Å²) >= 11 is 6.66. The van der Waals surface area contributed by atoms with Crippen molar-refractivity contribution in [2.24, 2.45) is 0 Å². The summed E-state index contributed by atoms with van der Waals surface area (Å²) in [5.74, 6) is 0. The number of fused-ring (bicyclic) bond motifs is 2. The second-order valence-corrected chi connectivity index (χ2v) is 9.34. The molecule has 1 aliphatic heterocycles. The van der Waals surface area contributed by atoms with Crippen LogP contribution in [0.2, 0.25) is 5.02 Å². The van der Waals surface area contributed by atoms with E-state index in [1.807, 2.05) is 30.3 Å². The van der Waals surface area contributed by atoms with Gasteiger partial charge in [0.05, 0.1) is 16.2 Å². The summed E-state index contributed by atoms with van der Waals surface area (Å²) in [6.45, 7) is 14.8. The van der Waals surface area contributed by atoms with Gasteiger partial charge in [0.15, 0.2) is 0 Å². The van der Waals surface area contributed by atoms with Crippen molar-refractivity contribution < 1.29 is 29.6 Å². The fraction of sp³-hybridized carbons (Fsp3) is 0.286. The molecule has 0 spiro atoms. The van der Waals surface area contributed by atoms with Crippen molar-refractivity contribution in [1.82, 2.24) is 25.0 Å². The van der Waals surface area contributed by atoms with E-state index in [4.69, 9.17) is 16.6 Å². The number of benzene rings is 2. The van der Waals surface area contributed by atoms with E-state index >= 15 is 0 Å². The molecule has 7 heteroatoms. The number of piperazine rings is 1. The van der Waals surface area contributed by atoms with E-state index < -0.39 is 0 Å². The number of rotatable bonds is 7. The van der Waals surface area contributed by atoms with Gasteiger partial charge < -0.3 is 20.0 Å². The van der Waals surface area contributed by atoms with Crippen molar-refractivity contribution in [2.45, 2.75) is 26.2 Å². The Hall–Kier alpha value is -2.31. The molecule has 5 nitrogen and oxygen atoms in total. The minimum Gasteiger partial charge on any atom is -0.581 e. The molecule has 5 rings (SSSR count). The maximum atomic E-state index is 6.66. The van der Waals surface area contributed by atoms with Gasteiger partial charge in [-0.15, -0.1) is 0 Å². The Morgan fingerprint density at radius 2 is 1.77 bits per heavy atom. The van der Waals surface area contributed by atoms with Crippen molar-refractivity contribution in [3.8, 4) is 11.3 Å². The first-order valence-corrected chi connectivity index (χ1v) is 12.3. The molecule has 2 aromatic carbocycles. The van der Waals surface area contributed by atoms with Crippen molar-refractivity contribution >= 4 is 39.1 Å². The Morgan fingerprint density at radius 3 is 2.54 bits per heavy atom. The van der Waals surface area contributed by atoms with Gasteiger partial charge in [-0.3, -0.25) is 0 Å². The van der Waals surface area contributed by atoms with Crippen LogP contribution >= 0.6 is 11.6 Å². The number of nitrogens with zero attached hydrogens (tertiary/aromatic N) is 5. The molecular formula is C28H29ClN5Na. The summed E-state index contributed by atoms with van der Waals surface area (Å²) in [7, 11) is 0. The molecule has 0 radical (unpaired) electrons. The van der Waals surface area contributed by atoms with E-state index in [-0.39, 0.29) is 29.6 Å². The van der Waals surface area contributed by atoms with E-state index in [1.165, 1.54) is 18.5 Å². The fourth-order valence-electron chi connectivity index (χ4n) is 4.58. The molecular weight excluding hydrogens is 465 g/mol. The average molecular weight is 494 g/mol.